The number of ether oxygens (including phenoxy) is 1. The number of anilines is 1. The lowest BCUT2D eigenvalue weighted by atomic mass is 10.1. The van der Waals surface area contributed by atoms with Crippen molar-refractivity contribution in [3.05, 3.63) is 59.1 Å². The van der Waals surface area contributed by atoms with E-state index < -0.39 is 22.0 Å². The number of nitrogens with one attached hydrogen (secondary N) is 1. The molecule has 6 nitrogen and oxygen atoms in total. The van der Waals surface area contributed by atoms with Crippen LogP contribution >= 0.6 is 11.6 Å². The lowest BCUT2D eigenvalue weighted by Crippen LogP contribution is -2.49. The van der Waals surface area contributed by atoms with Crippen molar-refractivity contribution in [2.45, 2.75) is 32.4 Å². The number of hydrogen-bond acceptors (Lipinski definition) is 4. The Bertz CT molecular complexity index is 919. The van der Waals surface area contributed by atoms with Crippen molar-refractivity contribution < 1.29 is 17.9 Å². The first-order chi connectivity index (χ1) is 13.2. The van der Waals surface area contributed by atoms with Gasteiger partial charge in [-0.15, -0.1) is 0 Å². The summed E-state index contributed by atoms with van der Waals surface area (Å²) in [5.41, 5.74) is 1.16. The molecule has 0 radical (unpaired) electrons. The molecule has 2 unspecified atom stereocenters. The highest BCUT2D eigenvalue weighted by Gasteiger charge is 2.34. The quantitative estimate of drug-likeness (QED) is 0.699. The molecule has 0 fully saturated rings. The van der Waals surface area contributed by atoms with Crippen molar-refractivity contribution in [1.82, 2.24) is 5.32 Å². The molecule has 0 spiro atoms. The van der Waals surface area contributed by atoms with Gasteiger partial charge in [0.2, 0.25) is 15.9 Å². The van der Waals surface area contributed by atoms with E-state index in [0.717, 1.165) is 16.1 Å². The molecule has 2 aromatic carbocycles. The number of carbonyl (C=O) groups is 1. The Morgan fingerprint density at radius 1 is 1.21 bits per heavy atom. The number of amides is 1. The van der Waals surface area contributed by atoms with E-state index in [4.69, 9.17) is 16.3 Å². The Morgan fingerprint density at radius 3 is 2.39 bits per heavy atom. The zero-order chi connectivity index (χ0) is 20.9. The average molecular weight is 425 g/mol. The average Bonchev–Trinajstić information content (AvgIpc) is 2.65. The first-order valence-corrected chi connectivity index (χ1v) is 11.1. The first-order valence-electron chi connectivity index (χ1n) is 8.87. The lowest BCUT2D eigenvalue weighted by molar-refractivity contribution is -0.122. The minimum atomic E-state index is -3.79. The smallest absolute Gasteiger partial charge is 0.244 e. The van der Waals surface area contributed by atoms with Gasteiger partial charge in [0.1, 0.15) is 11.8 Å². The molecule has 2 rings (SSSR count). The van der Waals surface area contributed by atoms with E-state index in [1.54, 1.807) is 19.1 Å². The van der Waals surface area contributed by atoms with Crippen LogP contribution in [0.3, 0.4) is 0 Å². The summed E-state index contributed by atoms with van der Waals surface area (Å²) in [6.45, 7) is 3.61. The summed E-state index contributed by atoms with van der Waals surface area (Å²) in [6, 6.07) is 12.9. The van der Waals surface area contributed by atoms with Crippen molar-refractivity contribution in [1.29, 1.82) is 0 Å². The number of benzene rings is 2. The van der Waals surface area contributed by atoms with Gasteiger partial charge in [0.05, 0.1) is 25.1 Å². The summed E-state index contributed by atoms with van der Waals surface area (Å²) in [6.07, 6.45) is 1.33. The number of carbonyl (C=O) groups excluding carboxylic acids is 1. The van der Waals surface area contributed by atoms with Crippen molar-refractivity contribution in [2.75, 3.05) is 17.7 Å². The molecule has 0 aliphatic heterocycles. The molecule has 1 amide bonds. The summed E-state index contributed by atoms with van der Waals surface area (Å²) in [7, 11) is -2.35. The maximum atomic E-state index is 13.0. The van der Waals surface area contributed by atoms with Crippen LogP contribution in [0.1, 0.15) is 31.9 Å². The van der Waals surface area contributed by atoms with Gasteiger partial charge in [-0.25, -0.2) is 8.42 Å². The lowest BCUT2D eigenvalue weighted by Gasteiger charge is -2.32. The van der Waals surface area contributed by atoms with Crippen LogP contribution in [-0.4, -0.2) is 33.7 Å². The Kier molecular flexibility index (Phi) is 7.32. The Labute approximate surface area is 171 Å². The van der Waals surface area contributed by atoms with E-state index >= 15 is 0 Å². The van der Waals surface area contributed by atoms with Crippen LogP contribution in [0.2, 0.25) is 5.02 Å². The minimum absolute atomic E-state index is 0.229. The molecular formula is C20H25ClN2O4S. The number of sulfonamides is 1. The number of nitrogens with zero attached hydrogens (tertiary/aromatic N) is 1. The molecule has 0 aliphatic carbocycles. The van der Waals surface area contributed by atoms with E-state index in [1.807, 2.05) is 37.3 Å². The van der Waals surface area contributed by atoms with Crippen molar-refractivity contribution >= 4 is 33.2 Å². The zero-order valence-electron chi connectivity index (χ0n) is 16.3. The molecule has 8 heteroatoms. The summed E-state index contributed by atoms with van der Waals surface area (Å²) in [5.74, 6) is -0.0801. The van der Waals surface area contributed by atoms with Crippen LogP contribution in [0.15, 0.2) is 48.5 Å². The third-order valence-corrected chi connectivity index (χ3v) is 5.77. The number of rotatable bonds is 8. The third kappa shape index (κ3) is 5.17. The summed E-state index contributed by atoms with van der Waals surface area (Å²) in [4.78, 5) is 13.0. The van der Waals surface area contributed by atoms with Crippen LogP contribution in [0.5, 0.6) is 5.75 Å². The number of methoxy groups -OCH3 is 1. The van der Waals surface area contributed by atoms with Crippen molar-refractivity contribution in [2.24, 2.45) is 0 Å². The maximum absolute atomic E-state index is 13.0. The van der Waals surface area contributed by atoms with Gasteiger partial charge in [0.25, 0.3) is 0 Å². The minimum Gasteiger partial charge on any atom is -0.495 e. The second-order valence-electron chi connectivity index (χ2n) is 6.44. The maximum Gasteiger partial charge on any atom is 0.244 e. The van der Waals surface area contributed by atoms with Gasteiger partial charge in [-0.05, 0) is 37.1 Å². The zero-order valence-corrected chi connectivity index (χ0v) is 17.9. The monoisotopic (exact) mass is 424 g/mol. The second kappa shape index (κ2) is 9.30. The van der Waals surface area contributed by atoms with Gasteiger partial charge in [-0.2, -0.15) is 0 Å². The third-order valence-electron chi connectivity index (χ3n) is 4.37. The van der Waals surface area contributed by atoms with E-state index in [0.29, 0.717) is 10.8 Å². The highest BCUT2D eigenvalue weighted by Crippen LogP contribution is 2.35. The fraction of sp³-hybridized carbons (Fsp3) is 0.350. The van der Waals surface area contributed by atoms with E-state index in [2.05, 4.69) is 5.32 Å². The molecule has 0 bridgehead atoms. The highest BCUT2D eigenvalue weighted by molar-refractivity contribution is 7.92. The van der Waals surface area contributed by atoms with Crippen molar-refractivity contribution in [3.8, 4) is 5.75 Å². The van der Waals surface area contributed by atoms with Gasteiger partial charge in [-0.3, -0.25) is 9.10 Å². The molecule has 0 saturated heterocycles. The topological polar surface area (TPSA) is 75.7 Å². The molecule has 2 atom stereocenters. The molecule has 0 heterocycles. The summed E-state index contributed by atoms with van der Waals surface area (Å²) in [5, 5.41) is 3.25. The van der Waals surface area contributed by atoms with Crippen molar-refractivity contribution in [3.63, 3.8) is 0 Å². The summed E-state index contributed by atoms with van der Waals surface area (Å²) < 4.78 is 31.6. The molecule has 0 aliphatic rings. The molecule has 1 N–H and O–H groups in total. The first kappa shape index (κ1) is 22.0. The van der Waals surface area contributed by atoms with E-state index in [-0.39, 0.29) is 18.2 Å². The van der Waals surface area contributed by atoms with Gasteiger partial charge in [-0.1, -0.05) is 48.9 Å². The van der Waals surface area contributed by atoms with Crippen LogP contribution in [0.25, 0.3) is 0 Å². The molecule has 28 heavy (non-hydrogen) atoms. The second-order valence-corrected chi connectivity index (χ2v) is 8.74. The number of halogens is 1. The SMILES string of the molecule is CCC(C(=O)NC(C)c1ccccc1)N(c1cc(Cl)ccc1OC)S(C)(=O)=O. The molecule has 2 aromatic rings. The Morgan fingerprint density at radius 2 is 1.86 bits per heavy atom. The fourth-order valence-electron chi connectivity index (χ4n) is 3.01. The standard InChI is InChI=1S/C20H25ClN2O4S/c1-5-17(20(24)22-14(2)15-9-7-6-8-10-15)23(28(4,25)26)18-13-16(21)11-12-19(18)27-3/h6-14,17H,5H2,1-4H3,(H,22,24). The summed E-state index contributed by atoms with van der Waals surface area (Å²) >= 11 is 6.08. The Balaban J connectivity index is 2.41. The van der Waals surface area contributed by atoms with E-state index in [9.17, 15) is 13.2 Å². The number of hydrogen-bond donors (Lipinski definition) is 1. The largest absolute Gasteiger partial charge is 0.495 e. The van der Waals surface area contributed by atoms with Gasteiger partial charge < -0.3 is 10.1 Å². The fourth-order valence-corrected chi connectivity index (χ4v) is 4.38. The van der Waals surface area contributed by atoms with Crippen LogP contribution in [-0.2, 0) is 14.8 Å². The van der Waals surface area contributed by atoms with Gasteiger partial charge in [0.15, 0.2) is 0 Å². The molecule has 0 aromatic heterocycles. The molecular weight excluding hydrogens is 400 g/mol. The van der Waals surface area contributed by atoms with Crippen LogP contribution in [0.4, 0.5) is 5.69 Å². The molecule has 0 saturated carbocycles. The predicted octanol–water partition coefficient (Wildman–Crippen LogP) is 3.77. The highest BCUT2D eigenvalue weighted by atomic mass is 35.5. The van der Waals surface area contributed by atoms with E-state index in [1.165, 1.54) is 13.2 Å². The predicted molar refractivity (Wildman–Crippen MR) is 112 cm³/mol. The normalized spacial score (nSPS) is 13.5. The van der Waals surface area contributed by atoms with Crippen LogP contribution < -0.4 is 14.4 Å². The van der Waals surface area contributed by atoms with Gasteiger partial charge in [0, 0.05) is 5.02 Å². The van der Waals surface area contributed by atoms with Crippen LogP contribution in [0, 0.1) is 0 Å². The van der Waals surface area contributed by atoms with Gasteiger partial charge >= 0.3 is 0 Å². The molecule has 152 valence electrons. The Hall–Kier alpha value is -2.25.